The molecule has 0 amide bonds. The van der Waals surface area contributed by atoms with Crippen LogP contribution in [0.25, 0.3) is 0 Å². The lowest BCUT2D eigenvalue weighted by Crippen LogP contribution is -2.37. The molecule has 0 fully saturated rings. The molecule has 1 heterocycles. The largest absolute Gasteiger partial charge is 0.409 e. The van der Waals surface area contributed by atoms with Crippen LogP contribution in [0.2, 0.25) is 0 Å². The molecule has 1 rings (SSSR count). The molecule has 0 saturated carbocycles. The molecule has 19 heavy (non-hydrogen) atoms. The number of nitrogens with one attached hydrogen (secondary N) is 1. The number of nitrogens with two attached hydrogens (primary N) is 1. The number of imidazole rings is 1. The smallest absolute Gasteiger partial charge is 0.259 e. The van der Waals surface area contributed by atoms with E-state index in [4.69, 9.17) is 10.9 Å². The van der Waals surface area contributed by atoms with E-state index in [1.807, 2.05) is 13.8 Å². The second-order valence-electron chi connectivity index (χ2n) is 4.06. The van der Waals surface area contributed by atoms with Crippen molar-refractivity contribution in [3.63, 3.8) is 0 Å². The molecular formula is C10H19N5O3S. The van der Waals surface area contributed by atoms with E-state index in [0.717, 1.165) is 0 Å². The molecule has 1 aromatic heterocycles. The van der Waals surface area contributed by atoms with E-state index in [0.29, 0.717) is 13.0 Å². The van der Waals surface area contributed by atoms with Gasteiger partial charge in [-0.1, -0.05) is 12.1 Å². The Labute approximate surface area is 112 Å². The van der Waals surface area contributed by atoms with Gasteiger partial charge >= 0.3 is 0 Å². The van der Waals surface area contributed by atoms with Crippen LogP contribution in [0, 0.1) is 0 Å². The zero-order valence-corrected chi connectivity index (χ0v) is 11.8. The quantitative estimate of drug-likeness (QED) is 0.284. The monoisotopic (exact) mass is 289 g/mol. The number of rotatable bonds is 7. The highest BCUT2D eigenvalue weighted by molar-refractivity contribution is 7.89. The van der Waals surface area contributed by atoms with Gasteiger partial charge in [-0.2, -0.15) is 0 Å². The Kier molecular flexibility index (Phi) is 5.31. The summed E-state index contributed by atoms with van der Waals surface area (Å²) < 4.78 is 28.3. The molecule has 1 unspecified atom stereocenters. The molecule has 8 nitrogen and oxygen atoms in total. The number of oxime groups is 1. The summed E-state index contributed by atoms with van der Waals surface area (Å²) in [4.78, 5) is 3.85. The number of nitrogens with zero attached hydrogens (tertiary/aromatic N) is 3. The van der Waals surface area contributed by atoms with Crippen molar-refractivity contribution in [2.75, 3.05) is 0 Å². The Hall–Kier alpha value is -1.61. The number of amidine groups is 1. The third kappa shape index (κ3) is 4.21. The summed E-state index contributed by atoms with van der Waals surface area (Å²) in [5.74, 6) is -0.0198. The second-order valence-corrected chi connectivity index (χ2v) is 5.73. The van der Waals surface area contributed by atoms with Crippen LogP contribution in [0.5, 0.6) is 0 Å². The summed E-state index contributed by atoms with van der Waals surface area (Å²) in [6.45, 7) is 4.34. The van der Waals surface area contributed by atoms with Crippen LogP contribution in [0.1, 0.15) is 26.7 Å². The molecule has 1 aromatic rings. The molecule has 0 aliphatic rings. The predicted molar refractivity (Wildman–Crippen MR) is 70.3 cm³/mol. The van der Waals surface area contributed by atoms with Gasteiger partial charge in [0.2, 0.25) is 0 Å². The van der Waals surface area contributed by atoms with Crippen molar-refractivity contribution in [2.45, 2.75) is 44.3 Å². The Morgan fingerprint density at radius 2 is 2.32 bits per heavy atom. The van der Waals surface area contributed by atoms with Crippen LogP contribution < -0.4 is 10.5 Å². The minimum absolute atomic E-state index is 0.0198. The molecule has 0 aromatic carbocycles. The van der Waals surface area contributed by atoms with E-state index in [1.54, 1.807) is 4.57 Å². The summed E-state index contributed by atoms with van der Waals surface area (Å²) in [6, 6.07) is -0.437. The van der Waals surface area contributed by atoms with Crippen LogP contribution in [0.4, 0.5) is 0 Å². The van der Waals surface area contributed by atoms with Gasteiger partial charge in [0.05, 0.1) is 6.33 Å². The summed E-state index contributed by atoms with van der Waals surface area (Å²) in [6.07, 6.45) is 3.57. The number of hydrogen-bond donors (Lipinski definition) is 3. The Morgan fingerprint density at radius 3 is 2.79 bits per heavy atom. The van der Waals surface area contributed by atoms with Crippen molar-refractivity contribution >= 4 is 15.9 Å². The highest BCUT2D eigenvalue weighted by Gasteiger charge is 2.22. The van der Waals surface area contributed by atoms with Gasteiger partial charge in [-0.3, -0.25) is 0 Å². The third-order valence-corrected chi connectivity index (χ3v) is 4.05. The lowest BCUT2D eigenvalue weighted by Gasteiger charge is -2.15. The molecule has 0 saturated heterocycles. The fraction of sp³-hybridized carbons (Fsp3) is 0.600. The fourth-order valence-electron chi connectivity index (χ4n) is 1.49. The van der Waals surface area contributed by atoms with Gasteiger partial charge in [0.1, 0.15) is 5.84 Å². The first-order valence-corrected chi connectivity index (χ1v) is 7.41. The van der Waals surface area contributed by atoms with Crippen molar-refractivity contribution in [1.29, 1.82) is 0 Å². The number of aromatic nitrogens is 2. The van der Waals surface area contributed by atoms with Crippen molar-refractivity contribution < 1.29 is 13.6 Å². The van der Waals surface area contributed by atoms with Crippen LogP contribution in [0.15, 0.2) is 22.7 Å². The maximum Gasteiger partial charge on any atom is 0.259 e. The molecule has 108 valence electrons. The van der Waals surface area contributed by atoms with Crippen molar-refractivity contribution in [2.24, 2.45) is 10.9 Å². The summed E-state index contributed by atoms with van der Waals surface area (Å²) in [7, 11) is -3.69. The summed E-state index contributed by atoms with van der Waals surface area (Å²) in [5, 5.41) is 11.3. The average Bonchev–Trinajstić information content (AvgIpc) is 2.87. The molecule has 0 radical (unpaired) electrons. The van der Waals surface area contributed by atoms with E-state index in [-0.39, 0.29) is 17.3 Å². The lowest BCUT2D eigenvalue weighted by molar-refractivity contribution is 0.316. The summed E-state index contributed by atoms with van der Waals surface area (Å²) >= 11 is 0. The van der Waals surface area contributed by atoms with Crippen LogP contribution >= 0.6 is 0 Å². The molecule has 0 aliphatic carbocycles. The Bertz CT molecular complexity index is 537. The fourth-order valence-corrected chi connectivity index (χ4v) is 2.76. The van der Waals surface area contributed by atoms with Gasteiger partial charge in [0.15, 0.2) is 5.03 Å². The molecule has 9 heteroatoms. The topological polar surface area (TPSA) is 123 Å². The Morgan fingerprint density at radius 1 is 1.63 bits per heavy atom. The zero-order valence-electron chi connectivity index (χ0n) is 10.9. The van der Waals surface area contributed by atoms with Gasteiger partial charge in [0, 0.05) is 25.2 Å². The predicted octanol–water partition coefficient (Wildman–Crippen LogP) is 0.0964. The van der Waals surface area contributed by atoms with E-state index in [2.05, 4.69) is 14.9 Å². The normalized spacial score (nSPS) is 14.5. The number of aryl methyl sites for hydroxylation is 1. The maximum absolute atomic E-state index is 12.1. The van der Waals surface area contributed by atoms with Gasteiger partial charge in [-0.25, -0.2) is 18.1 Å². The first-order valence-electron chi connectivity index (χ1n) is 5.93. The van der Waals surface area contributed by atoms with E-state index in [9.17, 15) is 8.42 Å². The molecular weight excluding hydrogens is 270 g/mol. The molecule has 1 atom stereocenters. The standard InChI is InChI=1S/C10H19N5O3S/c1-3-8(5-9(11)13-16)14-19(17,18)10-6-15(4-2)7-12-10/h6-8,14,16H,3-5H2,1-2H3,(H2,11,13). The minimum atomic E-state index is -3.69. The van der Waals surface area contributed by atoms with Gasteiger partial charge < -0.3 is 15.5 Å². The second kappa shape index (κ2) is 6.53. The first kappa shape index (κ1) is 15.4. The summed E-state index contributed by atoms with van der Waals surface area (Å²) in [5.41, 5.74) is 5.38. The van der Waals surface area contributed by atoms with Crippen LogP contribution in [-0.2, 0) is 16.6 Å². The van der Waals surface area contributed by atoms with Gasteiger partial charge in [-0.05, 0) is 13.3 Å². The number of hydrogen-bond acceptors (Lipinski definition) is 5. The molecule has 0 bridgehead atoms. The van der Waals surface area contributed by atoms with Crippen LogP contribution in [-0.4, -0.2) is 35.1 Å². The number of sulfonamides is 1. The van der Waals surface area contributed by atoms with Crippen LogP contribution in [0.3, 0.4) is 0 Å². The molecule has 0 aliphatic heterocycles. The molecule has 0 spiro atoms. The molecule has 4 N–H and O–H groups in total. The van der Waals surface area contributed by atoms with Crippen molar-refractivity contribution in [3.05, 3.63) is 12.5 Å². The maximum atomic E-state index is 12.1. The SMILES string of the molecule is CCC(CC(N)=NO)NS(=O)(=O)c1cn(CC)cn1. The van der Waals surface area contributed by atoms with Crippen molar-refractivity contribution in [3.8, 4) is 0 Å². The lowest BCUT2D eigenvalue weighted by atomic mass is 10.1. The van der Waals surface area contributed by atoms with Crippen molar-refractivity contribution in [1.82, 2.24) is 14.3 Å². The van der Waals surface area contributed by atoms with E-state index < -0.39 is 16.1 Å². The zero-order chi connectivity index (χ0) is 14.5. The highest BCUT2D eigenvalue weighted by Crippen LogP contribution is 2.08. The van der Waals surface area contributed by atoms with E-state index in [1.165, 1.54) is 12.5 Å². The first-order chi connectivity index (χ1) is 8.92. The van der Waals surface area contributed by atoms with Gasteiger partial charge in [0.25, 0.3) is 10.0 Å². The van der Waals surface area contributed by atoms with E-state index >= 15 is 0 Å². The highest BCUT2D eigenvalue weighted by atomic mass is 32.2. The third-order valence-electron chi connectivity index (χ3n) is 2.65. The Balaban J connectivity index is 2.82. The minimum Gasteiger partial charge on any atom is -0.409 e. The van der Waals surface area contributed by atoms with Gasteiger partial charge in [-0.15, -0.1) is 0 Å². The average molecular weight is 289 g/mol.